The van der Waals surface area contributed by atoms with Gasteiger partial charge in [-0.05, 0) is 29.0 Å². The van der Waals surface area contributed by atoms with Crippen molar-refractivity contribution in [3.8, 4) is 0 Å². The molecule has 158 valence electrons. The summed E-state index contributed by atoms with van der Waals surface area (Å²) in [7, 11) is -3.67. The number of benzene rings is 3. The van der Waals surface area contributed by atoms with E-state index in [2.05, 4.69) is 15.8 Å². The lowest BCUT2D eigenvalue weighted by molar-refractivity contribution is -0.131. The SMILES string of the molecule is O=C(CCNS(=O)(=O)c1ccc2ccccc2c1)N1CCc2[nH]c3ccccc3c2C1. The Balaban J connectivity index is 1.23. The zero-order valence-corrected chi connectivity index (χ0v) is 17.8. The van der Waals surface area contributed by atoms with Gasteiger partial charge in [0, 0.05) is 54.6 Å². The van der Waals surface area contributed by atoms with Crippen LogP contribution < -0.4 is 4.72 Å². The van der Waals surface area contributed by atoms with Crippen molar-refractivity contribution in [2.45, 2.75) is 24.3 Å². The van der Waals surface area contributed by atoms with Crippen LogP contribution >= 0.6 is 0 Å². The van der Waals surface area contributed by atoms with Gasteiger partial charge in [0.1, 0.15) is 0 Å². The summed E-state index contributed by atoms with van der Waals surface area (Å²) in [6.45, 7) is 1.26. The molecule has 0 saturated carbocycles. The number of rotatable bonds is 5. The van der Waals surface area contributed by atoms with Crippen LogP contribution in [-0.4, -0.2) is 37.3 Å². The molecule has 0 atom stereocenters. The Morgan fingerprint density at radius 2 is 1.77 bits per heavy atom. The predicted octanol–water partition coefficient (Wildman–Crippen LogP) is 3.57. The van der Waals surface area contributed by atoms with E-state index in [4.69, 9.17) is 0 Å². The number of amides is 1. The minimum atomic E-state index is -3.67. The van der Waals surface area contributed by atoms with Gasteiger partial charge < -0.3 is 9.88 Å². The number of hydrogen-bond donors (Lipinski definition) is 2. The highest BCUT2D eigenvalue weighted by Gasteiger charge is 2.24. The number of nitrogens with one attached hydrogen (secondary N) is 2. The van der Waals surface area contributed by atoms with E-state index < -0.39 is 10.0 Å². The first kappa shape index (κ1) is 19.8. The van der Waals surface area contributed by atoms with E-state index in [9.17, 15) is 13.2 Å². The molecule has 0 radical (unpaired) electrons. The van der Waals surface area contributed by atoms with Gasteiger partial charge >= 0.3 is 0 Å². The van der Waals surface area contributed by atoms with Crippen molar-refractivity contribution in [2.75, 3.05) is 13.1 Å². The third kappa shape index (κ3) is 3.82. The highest BCUT2D eigenvalue weighted by molar-refractivity contribution is 7.89. The second-order valence-corrected chi connectivity index (χ2v) is 9.62. The molecule has 5 rings (SSSR count). The summed E-state index contributed by atoms with van der Waals surface area (Å²) in [6, 6.07) is 20.8. The maximum Gasteiger partial charge on any atom is 0.240 e. The topological polar surface area (TPSA) is 82.3 Å². The van der Waals surface area contributed by atoms with Crippen molar-refractivity contribution in [3.63, 3.8) is 0 Å². The molecule has 0 spiro atoms. The Kier molecular flexibility index (Phi) is 5.00. The molecule has 0 fully saturated rings. The van der Waals surface area contributed by atoms with Crippen molar-refractivity contribution in [3.05, 3.63) is 78.0 Å². The highest BCUT2D eigenvalue weighted by atomic mass is 32.2. The molecule has 3 aromatic carbocycles. The predicted molar refractivity (Wildman–Crippen MR) is 121 cm³/mol. The van der Waals surface area contributed by atoms with Crippen LogP contribution in [0.4, 0.5) is 0 Å². The standard InChI is InChI=1S/C24H23N3O3S/c28-24(27-14-12-23-21(16-27)20-7-3-4-8-22(20)26-23)11-13-25-31(29,30)19-10-9-17-5-1-2-6-18(17)15-19/h1-10,15,25-26H,11-14,16H2. The smallest absolute Gasteiger partial charge is 0.240 e. The number of carbonyl (C=O) groups is 1. The molecule has 0 saturated heterocycles. The number of H-pyrrole nitrogens is 1. The first-order chi connectivity index (χ1) is 15.0. The van der Waals surface area contributed by atoms with Crippen molar-refractivity contribution in [2.24, 2.45) is 0 Å². The number of aromatic nitrogens is 1. The Hall–Kier alpha value is -3.16. The molecular weight excluding hydrogens is 410 g/mol. The molecule has 1 aromatic heterocycles. The van der Waals surface area contributed by atoms with E-state index in [-0.39, 0.29) is 23.8 Å². The average molecular weight is 434 g/mol. The van der Waals surface area contributed by atoms with Crippen LogP contribution in [-0.2, 0) is 27.8 Å². The quantitative estimate of drug-likeness (QED) is 0.505. The third-order valence-corrected chi connectivity index (χ3v) is 7.36. The summed E-state index contributed by atoms with van der Waals surface area (Å²) < 4.78 is 27.9. The summed E-state index contributed by atoms with van der Waals surface area (Å²) in [5.41, 5.74) is 3.43. The van der Waals surface area contributed by atoms with Gasteiger partial charge in [-0.1, -0.05) is 48.5 Å². The largest absolute Gasteiger partial charge is 0.358 e. The number of aromatic amines is 1. The van der Waals surface area contributed by atoms with Crippen LogP contribution in [0.1, 0.15) is 17.7 Å². The van der Waals surface area contributed by atoms with Gasteiger partial charge in [0.2, 0.25) is 15.9 Å². The number of carbonyl (C=O) groups excluding carboxylic acids is 1. The van der Waals surface area contributed by atoms with Crippen molar-refractivity contribution >= 4 is 37.6 Å². The lowest BCUT2D eigenvalue weighted by Crippen LogP contribution is -2.37. The monoisotopic (exact) mass is 433 g/mol. The van der Waals surface area contributed by atoms with Crippen molar-refractivity contribution in [1.82, 2.24) is 14.6 Å². The van der Waals surface area contributed by atoms with Gasteiger partial charge in [-0.2, -0.15) is 0 Å². The molecule has 2 heterocycles. The molecule has 4 aromatic rings. The zero-order chi connectivity index (χ0) is 21.4. The van der Waals surface area contributed by atoms with Gasteiger partial charge in [0.15, 0.2) is 0 Å². The molecule has 0 unspecified atom stereocenters. The van der Waals surface area contributed by atoms with Crippen LogP contribution in [0.25, 0.3) is 21.7 Å². The Morgan fingerprint density at radius 1 is 1.00 bits per heavy atom. The van der Waals surface area contributed by atoms with Crippen LogP contribution in [0.3, 0.4) is 0 Å². The molecule has 31 heavy (non-hydrogen) atoms. The summed E-state index contributed by atoms with van der Waals surface area (Å²) in [6.07, 6.45) is 0.906. The molecule has 7 heteroatoms. The summed E-state index contributed by atoms with van der Waals surface area (Å²) >= 11 is 0. The number of sulfonamides is 1. The Morgan fingerprint density at radius 3 is 2.65 bits per heavy atom. The minimum Gasteiger partial charge on any atom is -0.358 e. The minimum absolute atomic E-state index is 0.0443. The second-order valence-electron chi connectivity index (χ2n) is 7.85. The van der Waals surface area contributed by atoms with Crippen molar-refractivity contribution < 1.29 is 13.2 Å². The van der Waals surface area contributed by atoms with E-state index in [0.29, 0.717) is 13.1 Å². The molecular formula is C24H23N3O3S. The fourth-order valence-electron chi connectivity index (χ4n) is 4.25. The van der Waals surface area contributed by atoms with Crippen LogP contribution in [0, 0.1) is 0 Å². The summed E-state index contributed by atoms with van der Waals surface area (Å²) in [4.78, 5) is 18.2. The number of para-hydroxylation sites is 1. The molecule has 1 aliphatic heterocycles. The van der Waals surface area contributed by atoms with Gasteiger partial charge in [0.05, 0.1) is 4.90 Å². The third-order valence-electron chi connectivity index (χ3n) is 5.90. The second kappa shape index (κ2) is 7.83. The van der Waals surface area contributed by atoms with Crippen molar-refractivity contribution in [1.29, 1.82) is 0 Å². The van der Waals surface area contributed by atoms with E-state index >= 15 is 0 Å². The van der Waals surface area contributed by atoms with E-state index in [1.54, 1.807) is 18.2 Å². The maximum atomic E-state index is 12.7. The average Bonchev–Trinajstić information content (AvgIpc) is 3.16. The number of nitrogens with zero attached hydrogens (tertiary/aromatic N) is 1. The van der Waals surface area contributed by atoms with E-state index in [1.165, 1.54) is 5.69 Å². The summed E-state index contributed by atoms with van der Waals surface area (Å²) in [5.74, 6) is -0.0443. The first-order valence-corrected chi connectivity index (χ1v) is 11.8. The zero-order valence-electron chi connectivity index (χ0n) is 17.0. The lowest BCUT2D eigenvalue weighted by Gasteiger charge is -2.27. The van der Waals surface area contributed by atoms with Gasteiger partial charge in [-0.3, -0.25) is 4.79 Å². The Bertz CT molecular complexity index is 1390. The van der Waals surface area contributed by atoms with Crippen LogP contribution in [0.5, 0.6) is 0 Å². The fourth-order valence-corrected chi connectivity index (χ4v) is 5.31. The van der Waals surface area contributed by atoms with E-state index in [1.807, 2.05) is 47.4 Å². The summed E-state index contributed by atoms with van der Waals surface area (Å²) in [5, 5.41) is 3.00. The first-order valence-electron chi connectivity index (χ1n) is 10.4. The van der Waals surface area contributed by atoms with Gasteiger partial charge in [0.25, 0.3) is 0 Å². The van der Waals surface area contributed by atoms with Crippen LogP contribution in [0.15, 0.2) is 71.6 Å². The molecule has 0 aliphatic carbocycles. The number of fused-ring (bicyclic) bond motifs is 4. The highest BCUT2D eigenvalue weighted by Crippen LogP contribution is 2.27. The normalized spacial score (nSPS) is 14.1. The van der Waals surface area contributed by atoms with Gasteiger partial charge in [-0.15, -0.1) is 0 Å². The molecule has 1 amide bonds. The fraction of sp³-hybridized carbons (Fsp3) is 0.208. The number of hydrogen-bond acceptors (Lipinski definition) is 3. The molecule has 0 bridgehead atoms. The Labute approximate surface area is 180 Å². The maximum absolute atomic E-state index is 12.7. The molecule has 2 N–H and O–H groups in total. The molecule has 6 nitrogen and oxygen atoms in total. The molecule has 1 aliphatic rings. The van der Waals surface area contributed by atoms with Crippen LogP contribution in [0.2, 0.25) is 0 Å². The van der Waals surface area contributed by atoms with Gasteiger partial charge in [-0.25, -0.2) is 13.1 Å². The lowest BCUT2D eigenvalue weighted by atomic mass is 10.0. The van der Waals surface area contributed by atoms with E-state index in [0.717, 1.165) is 33.7 Å².